The molecule has 106 valence electrons. The highest BCUT2D eigenvalue weighted by molar-refractivity contribution is 6.30. The van der Waals surface area contributed by atoms with Crippen molar-refractivity contribution in [3.05, 3.63) is 34.9 Å². The van der Waals surface area contributed by atoms with Gasteiger partial charge in [-0.15, -0.1) is 0 Å². The summed E-state index contributed by atoms with van der Waals surface area (Å²) in [6, 6.07) is 8.48. The normalized spacial score (nSPS) is 20.2. The van der Waals surface area contributed by atoms with Crippen molar-refractivity contribution in [2.45, 2.75) is 50.2 Å². The summed E-state index contributed by atoms with van der Waals surface area (Å²) in [7, 11) is 3.89. The smallest absolute Gasteiger partial charge is 0.0834 e. The Labute approximate surface area is 121 Å². The van der Waals surface area contributed by atoms with Crippen LogP contribution in [0.3, 0.4) is 0 Å². The zero-order valence-corrected chi connectivity index (χ0v) is 12.7. The van der Waals surface area contributed by atoms with E-state index in [0.717, 1.165) is 24.3 Å². The first-order valence-electron chi connectivity index (χ1n) is 7.17. The fourth-order valence-corrected chi connectivity index (χ4v) is 3.51. The lowest BCUT2D eigenvalue weighted by atomic mass is 9.77. The average Bonchev–Trinajstić information content (AvgIpc) is 2.45. The van der Waals surface area contributed by atoms with Crippen molar-refractivity contribution in [1.29, 1.82) is 0 Å². The van der Waals surface area contributed by atoms with Crippen molar-refractivity contribution in [3.63, 3.8) is 0 Å². The van der Waals surface area contributed by atoms with Crippen molar-refractivity contribution in [1.82, 2.24) is 5.32 Å². The minimum atomic E-state index is -0.0185. The molecule has 0 heterocycles. The quantitative estimate of drug-likeness (QED) is 0.886. The number of ether oxygens (including phenoxy) is 1. The summed E-state index contributed by atoms with van der Waals surface area (Å²) >= 11 is 6.07. The molecule has 1 unspecified atom stereocenters. The van der Waals surface area contributed by atoms with E-state index in [9.17, 15) is 0 Å². The van der Waals surface area contributed by atoms with E-state index in [0.29, 0.717) is 6.04 Å². The highest BCUT2D eigenvalue weighted by atomic mass is 35.5. The molecule has 0 spiro atoms. The van der Waals surface area contributed by atoms with Crippen LogP contribution in [0.4, 0.5) is 0 Å². The molecule has 1 N–H and O–H groups in total. The Hall–Kier alpha value is -0.570. The first kappa shape index (κ1) is 14.8. The van der Waals surface area contributed by atoms with E-state index in [1.807, 2.05) is 26.3 Å². The molecule has 0 aliphatic heterocycles. The predicted octanol–water partition coefficient (Wildman–Crippen LogP) is 3.82. The summed E-state index contributed by atoms with van der Waals surface area (Å²) in [5, 5.41) is 4.27. The highest BCUT2D eigenvalue weighted by Crippen LogP contribution is 2.35. The summed E-state index contributed by atoms with van der Waals surface area (Å²) in [4.78, 5) is 0. The fraction of sp³-hybridized carbons (Fsp3) is 0.625. The number of methoxy groups -OCH3 is 1. The van der Waals surface area contributed by atoms with Gasteiger partial charge < -0.3 is 10.1 Å². The van der Waals surface area contributed by atoms with E-state index in [1.165, 1.54) is 24.8 Å². The Balaban J connectivity index is 2.14. The van der Waals surface area contributed by atoms with Gasteiger partial charge in [-0.2, -0.15) is 0 Å². The average molecular weight is 282 g/mol. The van der Waals surface area contributed by atoms with E-state index >= 15 is 0 Å². The van der Waals surface area contributed by atoms with Gasteiger partial charge in [0, 0.05) is 18.2 Å². The van der Waals surface area contributed by atoms with Crippen LogP contribution in [0.25, 0.3) is 0 Å². The minimum Gasteiger partial charge on any atom is -0.377 e. The molecule has 1 aromatic carbocycles. The van der Waals surface area contributed by atoms with Crippen LogP contribution in [0.2, 0.25) is 5.02 Å². The molecule has 1 atom stereocenters. The van der Waals surface area contributed by atoms with Gasteiger partial charge >= 0.3 is 0 Å². The molecule has 1 fully saturated rings. The molecule has 0 radical (unpaired) electrons. The van der Waals surface area contributed by atoms with Crippen LogP contribution in [0.5, 0.6) is 0 Å². The number of hydrogen-bond acceptors (Lipinski definition) is 2. The minimum absolute atomic E-state index is 0.0185. The second kappa shape index (κ2) is 6.74. The van der Waals surface area contributed by atoms with Gasteiger partial charge in [0.2, 0.25) is 0 Å². The summed E-state index contributed by atoms with van der Waals surface area (Å²) in [5.41, 5.74) is 1.25. The zero-order chi connectivity index (χ0) is 13.7. The zero-order valence-electron chi connectivity index (χ0n) is 11.9. The van der Waals surface area contributed by atoms with Crippen LogP contribution < -0.4 is 5.32 Å². The lowest BCUT2D eigenvalue weighted by molar-refractivity contribution is -0.0657. The van der Waals surface area contributed by atoms with Crippen molar-refractivity contribution in [2.75, 3.05) is 14.2 Å². The van der Waals surface area contributed by atoms with Crippen molar-refractivity contribution < 1.29 is 4.74 Å². The number of hydrogen-bond donors (Lipinski definition) is 1. The van der Waals surface area contributed by atoms with Crippen molar-refractivity contribution >= 4 is 11.6 Å². The third-order valence-corrected chi connectivity index (χ3v) is 4.65. The first-order chi connectivity index (χ1) is 9.20. The number of likely N-dealkylation sites (N-methyl/N-ethyl adjacent to an activating group) is 1. The summed E-state index contributed by atoms with van der Waals surface area (Å²) in [5.74, 6) is 0. The second-order valence-corrected chi connectivity index (χ2v) is 5.94. The summed E-state index contributed by atoms with van der Waals surface area (Å²) in [6.07, 6.45) is 7.12. The molecule has 2 rings (SSSR count). The Morgan fingerprint density at radius 3 is 2.63 bits per heavy atom. The summed E-state index contributed by atoms with van der Waals surface area (Å²) in [6.45, 7) is 0. The summed E-state index contributed by atoms with van der Waals surface area (Å²) < 4.78 is 5.94. The molecule has 0 saturated heterocycles. The van der Waals surface area contributed by atoms with Crippen LogP contribution >= 0.6 is 11.6 Å². The lowest BCUT2D eigenvalue weighted by Crippen LogP contribution is -2.53. The molecule has 2 nitrogen and oxygen atoms in total. The van der Waals surface area contributed by atoms with Crippen LogP contribution in [-0.2, 0) is 11.2 Å². The van der Waals surface area contributed by atoms with Crippen LogP contribution in [0.15, 0.2) is 24.3 Å². The molecule has 0 aromatic heterocycles. The molecular formula is C16H24ClNO. The van der Waals surface area contributed by atoms with Gasteiger partial charge in [-0.3, -0.25) is 0 Å². The van der Waals surface area contributed by atoms with Gasteiger partial charge in [0.25, 0.3) is 0 Å². The van der Waals surface area contributed by atoms with Gasteiger partial charge in [-0.1, -0.05) is 43.0 Å². The standard InChI is InChI=1S/C16H24ClNO/c1-18-15(12-13-7-6-8-14(17)11-13)16(19-2)9-4-3-5-10-16/h6-8,11,15,18H,3-5,9-10,12H2,1-2H3. The molecule has 1 aliphatic carbocycles. The Morgan fingerprint density at radius 2 is 2.05 bits per heavy atom. The van der Waals surface area contributed by atoms with Crippen LogP contribution in [0, 0.1) is 0 Å². The second-order valence-electron chi connectivity index (χ2n) is 5.50. The maximum absolute atomic E-state index is 6.07. The van der Waals surface area contributed by atoms with Gasteiger partial charge in [0.15, 0.2) is 0 Å². The predicted molar refractivity (Wildman–Crippen MR) is 80.8 cm³/mol. The van der Waals surface area contributed by atoms with Crippen LogP contribution in [-0.4, -0.2) is 25.8 Å². The molecule has 1 aliphatic rings. The monoisotopic (exact) mass is 281 g/mol. The molecular weight excluding hydrogens is 258 g/mol. The lowest BCUT2D eigenvalue weighted by Gasteiger charge is -2.42. The van der Waals surface area contributed by atoms with E-state index in [-0.39, 0.29) is 5.60 Å². The molecule has 0 amide bonds. The Morgan fingerprint density at radius 1 is 1.32 bits per heavy atom. The molecule has 3 heteroatoms. The maximum Gasteiger partial charge on any atom is 0.0834 e. The number of rotatable bonds is 5. The van der Waals surface area contributed by atoms with Gasteiger partial charge in [-0.05, 0) is 44.0 Å². The number of benzene rings is 1. The molecule has 1 saturated carbocycles. The van der Waals surface area contributed by atoms with Gasteiger partial charge in [0.05, 0.1) is 5.60 Å². The topological polar surface area (TPSA) is 21.3 Å². The maximum atomic E-state index is 6.07. The number of halogens is 1. The van der Waals surface area contributed by atoms with Crippen molar-refractivity contribution in [2.24, 2.45) is 0 Å². The largest absolute Gasteiger partial charge is 0.377 e. The number of nitrogens with one attached hydrogen (secondary N) is 1. The fourth-order valence-electron chi connectivity index (χ4n) is 3.30. The Kier molecular flexibility index (Phi) is 5.26. The third kappa shape index (κ3) is 3.50. The SMILES string of the molecule is CNC(Cc1cccc(Cl)c1)C1(OC)CCCCC1. The third-order valence-electron chi connectivity index (χ3n) is 4.42. The Bertz CT molecular complexity index is 401. The highest BCUT2D eigenvalue weighted by Gasteiger charge is 2.39. The van der Waals surface area contributed by atoms with Crippen molar-refractivity contribution in [3.8, 4) is 0 Å². The van der Waals surface area contributed by atoms with E-state index < -0.39 is 0 Å². The van der Waals surface area contributed by atoms with E-state index in [4.69, 9.17) is 16.3 Å². The first-order valence-corrected chi connectivity index (χ1v) is 7.55. The van der Waals surface area contributed by atoms with Gasteiger partial charge in [-0.25, -0.2) is 0 Å². The van der Waals surface area contributed by atoms with E-state index in [1.54, 1.807) is 0 Å². The van der Waals surface area contributed by atoms with E-state index in [2.05, 4.69) is 17.4 Å². The van der Waals surface area contributed by atoms with Crippen LogP contribution in [0.1, 0.15) is 37.7 Å². The van der Waals surface area contributed by atoms with Gasteiger partial charge in [0.1, 0.15) is 0 Å². The molecule has 19 heavy (non-hydrogen) atoms. The molecule has 1 aromatic rings. The molecule has 0 bridgehead atoms.